The lowest BCUT2D eigenvalue weighted by atomic mass is 10.1. The van der Waals surface area contributed by atoms with Crippen LogP contribution in [0.25, 0.3) is 22.3 Å². The van der Waals surface area contributed by atoms with E-state index in [9.17, 15) is 9.59 Å². The van der Waals surface area contributed by atoms with Crippen LogP contribution in [-0.4, -0.2) is 57.8 Å². The van der Waals surface area contributed by atoms with Gasteiger partial charge >= 0.3 is 0 Å². The lowest BCUT2D eigenvalue weighted by molar-refractivity contribution is -0.116. The third-order valence-corrected chi connectivity index (χ3v) is 6.04. The smallest absolute Gasteiger partial charge is 0.255 e. The largest absolute Gasteiger partial charge is 0.486 e. The maximum Gasteiger partial charge on any atom is 0.255 e. The van der Waals surface area contributed by atoms with Crippen molar-refractivity contribution in [2.75, 3.05) is 31.6 Å². The van der Waals surface area contributed by atoms with Crippen LogP contribution >= 0.6 is 0 Å². The van der Waals surface area contributed by atoms with Crippen molar-refractivity contribution in [3.05, 3.63) is 66.4 Å². The van der Waals surface area contributed by atoms with Gasteiger partial charge in [0.15, 0.2) is 17.1 Å². The topological polar surface area (TPSA) is 98.6 Å². The van der Waals surface area contributed by atoms with Gasteiger partial charge in [-0.25, -0.2) is 9.67 Å². The standard InChI is InChI=1S/C27H27N5O4/c1-3-31(17-25(33)29-19-10-11-23-24(14-19)36-13-12-35-23)27(34)20-15-22(18-8-6-5-7-9-18)30-26-21(20)16-28-32(26)4-2/h5-11,14-16H,3-4,12-13,17H2,1-2H3,(H,29,33). The number of anilines is 1. The fraction of sp³-hybridized carbons (Fsp3) is 0.259. The van der Waals surface area contributed by atoms with Crippen molar-refractivity contribution >= 4 is 28.5 Å². The van der Waals surface area contributed by atoms with E-state index in [1.54, 1.807) is 35.1 Å². The van der Waals surface area contributed by atoms with Crippen LogP contribution in [0.4, 0.5) is 5.69 Å². The van der Waals surface area contributed by atoms with Gasteiger partial charge in [0.2, 0.25) is 5.91 Å². The fourth-order valence-corrected chi connectivity index (χ4v) is 4.21. The molecule has 36 heavy (non-hydrogen) atoms. The average molecular weight is 486 g/mol. The molecule has 4 aromatic rings. The Balaban J connectivity index is 1.41. The van der Waals surface area contributed by atoms with E-state index in [-0.39, 0.29) is 18.4 Å². The van der Waals surface area contributed by atoms with Gasteiger partial charge in [-0.3, -0.25) is 9.59 Å². The summed E-state index contributed by atoms with van der Waals surface area (Å²) >= 11 is 0. The average Bonchev–Trinajstić information content (AvgIpc) is 3.34. The highest BCUT2D eigenvalue weighted by Crippen LogP contribution is 2.32. The van der Waals surface area contributed by atoms with Crippen LogP contribution in [-0.2, 0) is 11.3 Å². The molecule has 2 aromatic carbocycles. The van der Waals surface area contributed by atoms with Crippen molar-refractivity contribution in [1.29, 1.82) is 0 Å². The maximum atomic E-state index is 13.7. The summed E-state index contributed by atoms with van der Waals surface area (Å²) in [4.78, 5) is 32.9. The van der Waals surface area contributed by atoms with E-state index in [1.807, 2.05) is 44.2 Å². The Hall–Kier alpha value is -4.40. The third kappa shape index (κ3) is 4.59. The number of likely N-dealkylation sites (N-methyl/N-ethyl adjacent to an activating group) is 1. The second-order valence-corrected chi connectivity index (χ2v) is 8.34. The molecule has 9 nitrogen and oxygen atoms in total. The zero-order valence-electron chi connectivity index (χ0n) is 20.2. The van der Waals surface area contributed by atoms with E-state index in [0.29, 0.717) is 65.8 Å². The van der Waals surface area contributed by atoms with E-state index in [1.165, 1.54) is 4.90 Å². The minimum Gasteiger partial charge on any atom is -0.486 e. The van der Waals surface area contributed by atoms with E-state index < -0.39 is 0 Å². The number of pyridine rings is 1. The molecule has 5 rings (SSSR count). The zero-order chi connectivity index (χ0) is 25.1. The predicted molar refractivity (Wildman–Crippen MR) is 136 cm³/mol. The Morgan fingerprint density at radius 2 is 1.81 bits per heavy atom. The van der Waals surface area contributed by atoms with E-state index in [0.717, 1.165) is 5.56 Å². The first-order valence-corrected chi connectivity index (χ1v) is 12.0. The molecule has 0 aliphatic carbocycles. The van der Waals surface area contributed by atoms with Crippen molar-refractivity contribution in [3.8, 4) is 22.8 Å². The maximum absolute atomic E-state index is 13.7. The minimum atomic E-state index is -0.306. The quantitative estimate of drug-likeness (QED) is 0.425. The summed E-state index contributed by atoms with van der Waals surface area (Å²) in [6.07, 6.45) is 1.66. The molecular formula is C27H27N5O4. The minimum absolute atomic E-state index is 0.101. The van der Waals surface area contributed by atoms with Gasteiger partial charge in [0.05, 0.1) is 22.8 Å². The molecule has 1 aliphatic heterocycles. The summed E-state index contributed by atoms with van der Waals surface area (Å²) in [5.74, 6) is 0.672. The number of carbonyl (C=O) groups is 2. The molecule has 0 saturated carbocycles. The molecular weight excluding hydrogens is 458 g/mol. The SMILES string of the molecule is CCN(CC(=O)Nc1ccc2c(c1)OCCO2)C(=O)c1cc(-c2ccccc2)nc2c1cnn2CC. The number of carbonyl (C=O) groups excluding carboxylic acids is 2. The van der Waals surface area contributed by atoms with Gasteiger partial charge in [0.25, 0.3) is 5.91 Å². The van der Waals surface area contributed by atoms with Crippen LogP contribution in [0.2, 0.25) is 0 Å². The summed E-state index contributed by atoms with van der Waals surface area (Å²) in [5.41, 5.74) is 3.26. The van der Waals surface area contributed by atoms with Crippen LogP contribution in [0.15, 0.2) is 60.8 Å². The monoisotopic (exact) mass is 485 g/mol. The van der Waals surface area contributed by atoms with E-state index in [4.69, 9.17) is 14.5 Å². The molecule has 0 fully saturated rings. The van der Waals surface area contributed by atoms with Gasteiger partial charge in [-0.2, -0.15) is 5.10 Å². The van der Waals surface area contributed by atoms with Crippen LogP contribution in [0.5, 0.6) is 11.5 Å². The number of aryl methyl sites for hydroxylation is 1. The van der Waals surface area contributed by atoms with Gasteiger partial charge in [0, 0.05) is 30.4 Å². The van der Waals surface area contributed by atoms with Crippen molar-refractivity contribution in [3.63, 3.8) is 0 Å². The number of fused-ring (bicyclic) bond motifs is 2. The molecule has 1 aliphatic rings. The molecule has 184 valence electrons. The normalized spacial score (nSPS) is 12.4. The first-order valence-electron chi connectivity index (χ1n) is 12.0. The Labute approximate surface area is 208 Å². The number of benzene rings is 2. The highest BCUT2D eigenvalue weighted by Gasteiger charge is 2.23. The molecule has 0 atom stereocenters. The molecule has 0 unspecified atom stereocenters. The van der Waals surface area contributed by atoms with Gasteiger partial charge in [-0.1, -0.05) is 30.3 Å². The first-order chi connectivity index (χ1) is 17.6. The van der Waals surface area contributed by atoms with Crippen molar-refractivity contribution in [2.45, 2.75) is 20.4 Å². The molecule has 0 spiro atoms. The predicted octanol–water partition coefficient (Wildman–Crippen LogP) is 3.99. The Morgan fingerprint density at radius 1 is 1.03 bits per heavy atom. The summed E-state index contributed by atoms with van der Waals surface area (Å²) in [5, 5.41) is 7.92. The van der Waals surface area contributed by atoms with E-state index >= 15 is 0 Å². The second kappa shape index (κ2) is 10.1. The molecule has 0 bridgehead atoms. The lowest BCUT2D eigenvalue weighted by Crippen LogP contribution is -2.38. The number of amides is 2. The summed E-state index contributed by atoms with van der Waals surface area (Å²) in [6.45, 7) is 5.67. The number of hydrogen-bond acceptors (Lipinski definition) is 6. The molecule has 2 amide bonds. The van der Waals surface area contributed by atoms with Gasteiger partial charge in [-0.15, -0.1) is 0 Å². The summed E-state index contributed by atoms with van der Waals surface area (Å²) in [7, 11) is 0. The molecule has 9 heteroatoms. The zero-order valence-corrected chi connectivity index (χ0v) is 20.2. The number of aromatic nitrogens is 3. The second-order valence-electron chi connectivity index (χ2n) is 8.34. The third-order valence-electron chi connectivity index (χ3n) is 6.04. The van der Waals surface area contributed by atoms with Crippen LogP contribution < -0.4 is 14.8 Å². The van der Waals surface area contributed by atoms with Crippen molar-refractivity contribution < 1.29 is 19.1 Å². The van der Waals surface area contributed by atoms with E-state index in [2.05, 4.69) is 10.4 Å². The first kappa shape index (κ1) is 23.3. The molecule has 1 N–H and O–H groups in total. The summed E-state index contributed by atoms with van der Waals surface area (Å²) in [6, 6.07) is 16.7. The Bertz CT molecular complexity index is 1420. The fourth-order valence-electron chi connectivity index (χ4n) is 4.21. The number of hydrogen-bond donors (Lipinski definition) is 1. The number of rotatable bonds is 7. The highest BCUT2D eigenvalue weighted by molar-refractivity contribution is 6.08. The highest BCUT2D eigenvalue weighted by atomic mass is 16.6. The van der Waals surface area contributed by atoms with Crippen molar-refractivity contribution in [1.82, 2.24) is 19.7 Å². The Morgan fingerprint density at radius 3 is 2.56 bits per heavy atom. The molecule has 0 saturated heterocycles. The molecule has 2 aromatic heterocycles. The van der Waals surface area contributed by atoms with Crippen LogP contribution in [0.1, 0.15) is 24.2 Å². The number of nitrogens with one attached hydrogen (secondary N) is 1. The van der Waals surface area contributed by atoms with Crippen LogP contribution in [0, 0.1) is 0 Å². The van der Waals surface area contributed by atoms with Gasteiger partial charge in [-0.05, 0) is 32.0 Å². The Kier molecular flexibility index (Phi) is 6.53. The summed E-state index contributed by atoms with van der Waals surface area (Å²) < 4.78 is 12.9. The lowest BCUT2D eigenvalue weighted by Gasteiger charge is -2.22. The number of nitrogens with zero attached hydrogens (tertiary/aromatic N) is 4. The van der Waals surface area contributed by atoms with Crippen molar-refractivity contribution in [2.24, 2.45) is 0 Å². The van der Waals surface area contributed by atoms with Crippen LogP contribution in [0.3, 0.4) is 0 Å². The van der Waals surface area contributed by atoms with Gasteiger partial charge in [0.1, 0.15) is 19.8 Å². The number of ether oxygens (including phenoxy) is 2. The van der Waals surface area contributed by atoms with Gasteiger partial charge < -0.3 is 19.7 Å². The molecule has 3 heterocycles. The molecule has 0 radical (unpaired) electrons.